The molecule has 0 heterocycles. The maximum atomic E-state index is 3.43. The molecule has 0 aliphatic rings. The molecule has 0 fully saturated rings. The zero-order valence-corrected chi connectivity index (χ0v) is 9.61. The van der Waals surface area contributed by atoms with Gasteiger partial charge in [0.1, 0.15) is 0 Å². The van der Waals surface area contributed by atoms with Crippen molar-refractivity contribution in [2.45, 2.75) is 26.7 Å². The molecule has 0 amide bonds. The van der Waals surface area contributed by atoms with E-state index in [1.54, 1.807) is 0 Å². The first kappa shape index (κ1) is 10.3. The minimum Gasteiger partial charge on any atom is -0.0979 e. The van der Waals surface area contributed by atoms with Crippen LogP contribution >= 0.6 is 15.9 Å². The Kier molecular flexibility index (Phi) is 4.05. The lowest BCUT2D eigenvalue weighted by atomic mass is 10.1. The Labute approximate surface area is 88.5 Å². The third-order valence-electron chi connectivity index (χ3n) is 1.79. The number of benzene rings is 1. The highest BCUT2D eigenvalue weighted by Crippen LogP contribution is 2.14. The van der Waals surface area contributed by atoms with Crippen LogP contribution in [0.15, 0.2) is 22.7 Å². The maximum absolute atomic E-state index is 3.43. The first-order valence-corrected chi connectivity index (χ1v) is 5.28. The highest BCUT2D eigenvalue weighted by molar-refractivity contribution is 9.10. The van der Waals surface area contributed by atoms with Gasteiger partial charge in [-0.2, -0.15) is 0 Å². The summed E-state index contributed by atoms with van der Waals surface area (Å²) >= 11 is 3.43. The SMILES string of the molecule is CCCC#Cc1ccc(Br)cc1C. The van der Waals surface area contributed by atoms with Gasteiger partial charge in [-0.25, -0.2) is 0 Å². The molecule has 0 radical (unpaired) electrons. The molecule has 13 heavy (non-hydrogen) atoms. The van der Waals surface area contributed by atoms with E-state index in [1.165, 1.54) is 5.56 Å². The lowest BCUT2D eigenvalue weighted by Crippen LogP contribution is -1.81. The largest absolute Gasteiger partial charge is 0.0979 e. The number of halogens is 1. The molecular formula is C12H13Br. The lowest BCUT2D eigenvalue weighted by molar-refractivity contribution is 0.983. The average molecular weight is 237 g/mol. The first-order chi connectivity index (χ1) is 6.24. The molecule has 0 saturated carbocycles. The van der Waals surface area contributed by atoms with Crippen LogP contribution in [0.3, 0.4) is 0 Å². The van der Waals surface area contributed by atoms with E-state index < -0.39 is 0 Å². The molecule has 1 heteroatoms. The van der Waals surface area contributed by atoms with Crippen LogP contribution in [-0.2, 0) is 0 Å². The molecule has 1 rings (SSSR count). The van der Waals surface area contributed by atoms with Crippen LogP contribution in [0.1, 0.15) is 30.9 Å². The Morgan fingerprint density at radius 1 is 1.38 bits per heavy atom. The number of aryl methyl sites for hydroxylation is 1. The Morgan fingerprint density at radius 2 is 2.15 bits per heavy atom. The van der Waals surface area contributed by atoms with Gasteiger partial charge in [0.25, 0.3) is 0 Å². The fourth-order valence-electron chi connectivity index (χ4n) is 1.05. The second kappa shape index (κ2) is 5.09. The predicted octanol–water partition coefficient (Wildman–Crippen LogP) is 3.91. The third kappa shape index (κ3) is 3.24. The van der Waals surface area contributed by atoms with Gasteiger partial charge in [0.05, 0.1) is 0 Å². The second-order valence-electron chi connectivity index (χ2n) is 3.01. The normalized spacial score (nSPS) is 9.15. The molecule has 0 saturated heterocycles. The van der Waals surface area contributed by atoms with Gasteiger partial charge in [0, 0.05) is 16.5 Å². The molecule has 0 bridgehead atoms. The number of hydrogen-bond acceptors (Lipinski definition) is 0. The van der Waals surface area contributed by atoms with Gasteiger partial charge in [-0.15, -0.1) is 0 Å². The molecular weight excluding hydrogens is 224 g/mol. The number of hydrogen-bond donors (Lipinski definition) is 0. The Balaban J connectivity index is 2.85. The zero-order chi connectivity index (χ0) is 9.68. The van der Waals surface area contributed by atoms with E-state index in [-0.39, 0.29) is 0 Å². The third-order valence-corrected chi connectivity index (χ3v) is 2.28. The van der Waals surface area contributed by atoms with Gasteiger partial charge in [0.15, 0.2) is 0 Å². The van der Waals surface area contributed by atoms with Gasteiger partial charge in [-0.05, 0) is 37.1 Å². The van der Waals surface area contributed by atoms with E-state index in [4.69, 9.17) is 0 Å². The lowest BCUT2D eigenvalue weighted by Gasteiger charge is -1.97. The van der Waals surface area contributed by atoms with E-state index in [2.05, 4.69) is 53.8 Å². The molecule has 0 atom stereocenters. The quantitative estimate of drug-likeness (QED) is 0.649. The summed E-state index contributed by atoms with van der Waals surface area (Å²) in [6, 6.07) is 6.18. The van der Waals surface area contributed by atoms with Crippen LogP contribution in [-0.4, -0.2) is 0 Å². The highest BCUT2D eigenvalue weighted by Gasteiger charge is 1.93. The molecule has 0 aliphatic heterocycles. The molecule has 0 spiro atoms. The first-order valence-electron chi connectivity index (χ1n) is 4.49. The smallest absolute Gasteiger partial charge is 0.0275 e. The molecule has 0 aromatic heterocycles. The van der Waals surface area contributed by atoms with Gasteiger partial charge >= 0.3 is 0 Å². The topological polar surface area (TPSA) is 0 Å². The van der Waals surface area contributed by atoms with Gasteiger partial charge in [-0.3, -0.25) is 0 Å². The van der Waals surface area contributed by atoms with Crippen LogP contribution < -0.4 is 0 Å². The predicted molar refractivity (Wildman–Crippen MR) is 60.7 cm³/mol. The Hall–Kier alpha value is -0.740. The minimum absolute atomic E-state index is 0.982. The molecule has 1 aromatic carbocycles. The molecule has 68 valence electrons. The van der Waals surface area contributed by atoms with Crippen molar-refractivity contribution in [2.75, 3.05) is 0 Å². The highest BCUT2D eigenvalue weighted by atomic mass is 79.9. The van der Waals surface area contributed by atoms with Crippen molar-refractivity contribution in [1.29, 1.82) is 0 Å². The van der Waals surface area contributed by atoms with E-state index >= 15 is 0 Å². The summed E-state index contributed by atoms with van der Waals surface area (Å²) < 4.78 is 1.12. The van der Waals surface area contributed by atoms with Gasteiger partial charge < -0.3 is 0 Å². The van der Waals surface area contributed by atoms with Crippen molar-refractivity contribution in [2.24, 2.45) is 0 Å². The van der Waals surface area contributed by atoms with E-state index in [0.29, 0.717) is 0 Å². The standard InChI is InChI=1S/C12H13Br/c1-3-4-5-6-11-7-8-12(13)9-10(11)2/h7-9H,3-4H2,1-2H3. The number of rotatable bonds is 1. The van der Waals surface area contributed by atoms with Crippen molar-refractivity contribution >= 4 is 15.9 Å². The molecule has 0 nitrogen and oxygen atoms in total. The van der Waals surface area contributed by atoms with Gasteiger partial charge in [-0.1, -0.05) is 34.7 Å². The van der Waals surface area contributed by atoms with Crippen molar-refractivity contribution in [3.8, 4) is 11.8 Å². The molecule has 0 aliphatic carbocycles. The molecule has 0 unspecified atom stereocenters. The summed E-state index contributed by atoms with van der Waals surface area (Å²) in [6.45, 7) is 4.23. The van der Waals surface area contributed by atoms with E-state index in [1.807, 2.05) is 6.07 Å². The monoisotopic (exact) mass is 236 g/mol. The summed E-state index contributed by atoms with van der Waals surface area (Å²) in [4.78, 5) is 0. The summed E-state index contributed by atoms with van der Waals surface area (Å²) in [6.07, 6.45) is 2.11. The van der Waals surface area contributed by atoms with Crippen LogP contribution in [0.5, 0.6) is 0 Å². The average Bonchev–Trinajstić information content (AvgIpc) is 2.09. The van der Waals surface area contributed by atoms with E-state index in [9.17, 15) is 0 Å². The Morgan fingerprint density at radius 3 is 2.77 bits per heavy atom. The van der Waals surface area contributed by atoms with Crippen LogP contribution in [0, 0.1) is 18.8 Å². The van der Waals surface area contributed by atoms with Crippen molar-refractivity contribution in [3.63, 3.8) is 0 Å². The Bertz CT molecular complexity index is 342. The van der Waals surface area contributed by atoms with Crippen molar-refractivity contribution in [1.82, 2.24) is 0 Å². The van der Waals surface area contributed by atoms with Crippen molar-refractivity contribution < 1.29 is 0 Å². The van der Waals surface area contributed by atoms with E-state index in [0.717, 1.165) is 22.9 Å². The molecule has 0 N–H and O–H groups in total. The summed E-state index contributed by atoms with van der Waals surface area (Å²) in [5, 5.41) is 0. The maximum Gasteiger partial charge on any atom is 0.0275 e. The summed E-state index contributed by atoms with van der Waals surface area (Å²) in [7, 11) is 0. The fraction of sp³-hybridized carbons (Fsp3) is 0.333. The van der Waals surface area contributed by atoms with Crippen LogP contribution in [0.4, 0.5) is 0 Å². The molecule has 1 aromatic rings. The van der Waals surface area contributed by atoms with Gasteiger partial charge in [0.2, 0.25) is 0 Å². The van der Waals surface area contributed by atoms with Crippen LogP contribution in [0.25, 0.3) is 0 Å². The van der Waals surface area contributed by atoms with Crippen molar-refractivity contribution in [3.05, 3.63) is 33.8 Å². The fourth-order valence-corrected chi connectivity index (χ4v) is 1.53. The summed E-state index contributed by atoms with van der Waals surface area (Å²) in [5.74, 6) is 6.32. The summed E-state index contributed by atoms with van der Waals surface area (Å²) in [5.41, 5.74) is 2.37. The number of unbranched alkanes of at least 4 members (excludes halogenated alkanes) is 1. The minimum atomic E-state index is 0.982. The second-order valence-corrected chi connectivity index (χ2v) is 3.93. The van der Waals surface area contributed by atoms with Crippen LogP contribution in [0.2, 0.25) is 0 Å². The zero-order valence-electron chi connectivity index (χ0n) is 8.02.